The Labute approximate surface area is 203 Å². The van der Waals surface area contributed by atoms with Gasteiger partial charge >= 0.3 is 11.9 Å². The van der Waals surface area contributed by atoms with Crippen LogP contribution in [-0.2, 0) is 9.47 Å². The first-order valence-electron chi connectivity index (χ1n) is 10.1. The molecule has 0 atom stereocenters. The van der Waals surface area contributed by atoms with E-state index in [9.17, 15) is 18.4 Å². The molecular weight excluding hydrogens is 474 g/mol. The Morgan fingerprint density at radius 2 is 1.28 bits per heavy atom. The SMILES string of the molecule is COC(=O)c1cc(F)c(-c2ccc(C#N)cc2)o1.COC(=O)c1oc(-c2ccc(C#N)cc2)cc1F. The molecule has 4 aromatic rings. The molecular formula is C26H16F2N2O6. The number of methoxy groups -OCH3 is 2. The van der Waals surface area contributed by atoms with E-state index in [4.69, 9.17) is 19.4 Å². The monoisotopic (exact) mass is 490 g/mol. The van der Waals surface area contributed by atoms with Crippen molar-refractivity contribution in [3.8, 4) is 34.8 Å². The number of benzene rings is 2. The standard InChI is InChI=1S/2C13H8FNO3/c1-17-13(16)11-6-10(14)12(18-11)9-4-2-8(7-15)3-5-9;1-17-13(16)12-10(14)6-11(18-12)9-4-2-8(7-15)3-5-9/h2*2-6H,1H3. The van der Waals surface area contributed by atoms with Crippen LogP contribution >= 0.6 is 0 Å². The lowest BCUT2D eigenvalue weighted by molar-refractivity contribution is 0.0553. The molecule has 0 spiro atoms. The van der Waals surface area contributed by atoms with Crippen molar-refractivity contribution in [1.29, 1.82) is 10.5 Å². The molecule has 10 heteroatoms. The average molecular weight is 490 g/mol. The third-order valence-electron chi connectivity index (χ3n) is 4.71. The summed E-state index contributed by atoms with van der Waals surface area (Å²) in [6.07, 6.45) is 0. The van der Waals surface area contributed by atoms with Crippen molar-refractivity contribution in [3.05, 3.63) is 94.9 Å². The Bertz CT molecular complexity index is 1470. The first-order valence-corrected chi connectivity index (χ1v) is 10.1. The summed E-state index contributed by atoms with van der Waals surface area (Å²) >= 11 is 0. The fourth-order valence-electron chi connectivity index (χ4n) is 2.91. The lowest BCUT2D eigenvalue weighted by Crippen LogP contribution is -2.00. The van der Waals surface area contributed by atoms with Crippen molar-refractivity contribution in [2.45, 2.75) is 0 Å². The summed E-state index contributed by atoms with van der Waals surface area (Å²) in [5.41, 5.74) is 1.96. The number of hydrogen-bond acceptors (Lipinski definition) is 8. The molecule has 2 aromatic heterocycles. The molecule has 0 N–H and O–H groups in total. The molecule has 0 saturated carbocycles. The van der Waals surface area contributed by atoms with Crippen molar-refractivity contribution >= 4 is 11.9 Å². The van der Waals surface area contributed by atoms with E-state index >= 15 is 0 Å². The Morgan fingerprint density at radius 3 is 1.78 bits per heavy atom. The number of halogens is 2. The van der Waals surface area contributed by atoms with Gasteiger partial charge in [-0.25, -0.2) is 18.4 Å². The third kappa shape index (κ3) is 5.64. The molecule has 8 nitrogen and oxygen atoms in total. The molecule has 0 aliphatic rings. The highest BCUT2D eigenvalue weighted by Gasteiger charge is 2.20. The van der Waals surface area contributed by atoms with E-state index in [1.54, 1.807) is 36.4 Å². The number of ether oxygens (including phenoxy) is 2. The molecule has 0 unspecified atom stereocenters. The Morgan fingerprint density at radius 1 is 0.750 bits per heavy atom. The number of carbonyl (C=O) groups excluding carboxylic acids is 2. The molecule has 0 fully saturated rings. The van der Waals surface area contributed by atoms with Crippen molar-refractivity contribution < 1.29 is 36.7 Å². The lowest BCUT2D eigenvalue weighted by atomic mass is 10.1. The van der Waals surface area contributed by atoms with Gasteiger partial charge in [-0.2, -0.15) is 10.5 Å². The molecule has 4 rings (SSSR count). The highest BCUT2D eigenvalue weighted by Crippen LogP contribution is 2.27. The smallest absolute Gasteiger partial charge is 0.377 e. The van der Waals surface area contributed by atoms with Gasteiger partial charge in [0, 0.05) is 23.3 Å². The van der Waals surface area contributed by atoms with Crippen molar-refractivity contribution in [2.24, 2.45) is 0 Å². The fourth-order valence-corrected chi connectivity index (χ4v) is 2.91. The highest BCUT2D eigenvalue weighted by atomic mass is 19.1. The Balaban J connectivity index is 0.000000201. The first-order chi connectivity index (χ1) is 17.3. The maximum absolute atomic E-state index is 13.6. The van der Waals surface area contributed by atoms with Gasteiger partial charge in [0.15, 0.2) is 17.4 Å². The van der Waals surface area contributed by atoms with E-state index in [0.717, 1.165) is 19.2 Å². The number of esters is 2. The van der Waals surface area contributed by atoms with Crippen molar-refractivity contribution in [1.82, 2.24) is 0 Å². The summed E-state index contributed by atoms with van der Waals surface area (Å²) in [6.45, 7) is 0. The molecule has 0 aliphatic carbocycles. The zero-order valence-electron chi connectivity index (χ0n) is 18.9. The normalized spacial score (nSPS) is 9.83. The number of rotatable bonds is 4. The summed E-state index contributed by atoms with van der Waals surface area (Å²) < 4.78 is 46.1. The van der Waals surface area contributed by atoms with Crippen molar-refractivity contribution in [3.63, 3.8) is 0 Å². The average Bonchev–Trinajstić information content (AvgIpc) is 3.50. The van der Waals surface area contributed by atoms with Crippen LogP contribution in [0.15, 0.2) is 69.5 Å². The molecule has 0 radical (unpaired) electrons. The molecule has 0 amide bonds. The van der Waals surface area contributed by atoms with E-state index in [0.29, 0.717) is 22.3 Å². The van der Waals surface area contributed by atoms with Crippen LogP contribution in [0.1, 0.15) is 32.2 Å². The molecule has 2 aromatic carbocycles. The van der Waals surface area contributed by atoms with Crippen LogP contribution in [0.4, 0.5) is 8.78 Å². The van der Waals surface area contributed by atoms with Gasteiger partial charge in [-0.15, -0.1) is 0 Å². The summed E-state index contributed by atoms with van der Waals surface area (Å²) in [5.74, 6) is -3.55. The van der Waals surface area contributed by atoms with Gasteiger partial charge in [0.1, 0.15) is 5.76 Å². The van der Waals surface area contributed by atoms with Crippen LogP contribution in [0.3, 0.4) is 0 Å². The second-order valence-corrected chi connectivity index (χ2v) is 6.94. The van der Waals surface area contributed by atoms with Gasteiger partial charge in [-0.1, -0.05) is 0 Å². The zero-order chi connectivity index (χ0) is 26.2. The van der Waals surface area contributed by atoms with Crippen LogP contribution in [-0.4, -0.2) is 26.2 Å². The van der Waals surface area contributed by atoms with E-state index in [-0.39, 0.29) is 17.3 Å². The second-order valence-electron chi connectivity index (χ2n) is 6.94. The van der Waals surface area contributed by atoms with Gasteiger partial charge in [-0.3, -0.25) is 0 Å². The van der Waals surface area contributed by atoms with Crippen LogP contribution < -0.4 is 0 Å². The minimum absolute atomic E-state index is 0.0557. The maximum atomic E-state index is 13.6. The van der Waals surface area contributed by atoms with Crippen LogP contribution in [0, 0.1) is 34.3 Å². The number of carbonyl (C=O) groups is 2. The van der Waals surface area contributed by atoms with E-state index < -0.39 is 29.3 Å². The summed E-state index contributed by atoms with van der Waals surface area (Å²) in [5, 5.41) is 17.3. The maximum Gasteiger partial charge on any atom is 0.377 e. The Hall–Kier alpha value is -5.22. The van der Waals surface area contributed by atoms with E-state index in [2.05, 4.69) is 9.47 Å². The number of hydrogen-bond donors (Lipinski definition) is 0. The van der Waals surface area contributed by atoms with Crippen LogP contribution in [0.5, 0.6) is 0 Å². The number of furan rings is 2. The van der Waals surface area contributed by atoms with Gasteiger partial charge in [0.2, 0.25) is 11.5 Å². The minimum atomic E-state index is -0.868. The predicted octanol–water partition coefficient (Wildman–Crippen LogP) is 5.49. The number of nitriles is 2. The minimum Gasteiger partial charge on any atom is -0.463 e. The van der Waals surface area contributed by atoms with Crippen LogP contribution in [0.2, 0.25) is 0 Å². The third-order valence-corrected chi connectivity index (χ3v) is 4.71. The molecule has 180 valence electrons. The summed E-state index contributed by atoms with van der Waals surface area (Å²) in [7, 11) is 2.33. The van der Waals surface area contributed by atoms with E-state index in [1.807, 2.05) is 12.1 Å². The molecule has 0 saturated heterocycles. The van der Waals surface area contributed by atoms with Gasteiger partial charge < -0.3 is 18.3 Å². The largest absolute Gasteiger partial charge is 0.463 e. The van der Waals surface area contributed by atoms with Gasteiger partial charge in [0.25, 0.3) is 0 Å². The zero-order valence-corrected chi connectivity index (χ0v) is 18.9. The number of nitrogens with zero attached hydrogens (tertiary/aromatic N) is 2. The quantitative estimate of drug-likeness (QED) is 0.344. The summed E-state index contributed by atoms with van der Waals surface area (Å²) in [4.78, 5) is 22.4. The van der Waals surface area contributed by atoms with Crippen molar-refractivity contribution in [2.75, 3.05) is 14.2 Å². The molecule has 36 heavy (non-hydrogen) atoms. The molecule has 0 bridgehead atoms. The highest BCUT2D eigenvalue weighted by molar-refractivity contribution is 5.87. The summed E-state index contributed by atoms with van der Waals surface area (Å²) in [6, 6.07) is 18.5. The second kappa shape index (κ2) is 11.3. The van der Waals surface area contributed by atoms with Gasteiger partial charge in [-0.05, 0) is 48.5 Å². The van der Waals surface area contributed by atoms with Crippen LogP contribution in [0.25, 0.3) is 22.6 Å². The fraction of sp³-hybridized carbons (Fsp3) is 0.0769. The predicted molar refractivity (Wildman–Crippen MR) is 120 cm³/mol. The Kier molecular flexibility index (Phi) is 7.95. The van der Waals surface area contributed by atoms with Gasteiger partial charge in [0.05, 0.1) is 37.5 Å². The first kappa shape index (κ1) is 25.4. The molecule has 0 aliphatic heterocycles. The molecule has 2 heterocycles. The lowest BCUT2D eigenvalue weighted by Gasteiger charge is -1.97. The van der Waals surface area contributed by atoms with E-state index in [1.165, 1.54) is 19.2 Å². The topological polar surface area (TPSA) is 126 Å².